The van der Waals surface area contributed by atoms with E-state index in [0.29, 0.717) is 102 Å². The largest absolute Gasteiger partial charge is 0.489 e. The molecule has 0 unspecified atom stereocenters. The van der Waals surface area contributed by atoms with Crippen molar-refractivity contribution >= 4 is 52.4 Å². The van der Waals surface area contributed by atoms with E-state index in [-0.39, 0.29) is 78.3 Å². The van der Waals surface area contributed by atoms with Crippen LogP contribution in [0.5, 0.6) is 17.2 Å². The van der Waals surface area contributed by atoms with Crippen molar-refractivity contribution in [2.75, 3.05) is 82.7 Å². The number of pyridine rings is 2. The quantitative estimate of drug-likeness (QED) is 0.0622. The van der Waals surface area contributed by atoms with Crippen LogP contribution < -0.4 is 30.2 Å². The van der Waals surface area contributed by atoms with Crippen LogP contribution >= 0.6 is 0 Å². The Morgan fingerprint density at radius 2 is 1.24 bits per heavy atom. The summed E-state index contributed by atoms with van der Waals surface area (Å²) in [5, 5.41) is 47.3. The van der Waals surface area contributed by atoms with Gasteiger partial charge in [0.15, 0.2) is 6.10 Å². The number of hydrogen-bond acceptors (Lipinski definition) is 18. The monoisotopic (exact) mass is 1300 g/mol. The Labute approximate surface area is 554 Å². The number of aromatic nitrogens is 2. The summed E-state index contributed by atoms with van der Waals surface area (Å²) in [6.45, 7) is 4.65. The number of benzene rings is 4. The summed E-state index contributed by atoms with van der Waals surface area (Å²) in [6.07, 6.45) is 8.74. The third-order valence-electron chi connectivity index (χ3n) is 17.4. The van der Waals surface area contributed by atoms with Crippen LogP contribution in [-0.2, 0) is 28.7 Å². The van der Waals surface area contributed by atoms with Crippen LogP contribution in [0.15, 0.2) is 126 Å². The number of nitrogens with zero attached hydrogens (tertiary/aromatic N) is 9. The number of hydrogen-bond donors (Lipinski definition) is 4. The van der Waals surface area contributed by atoms with Gasteiger partial charge in [-0.05, 0) is 160 Å². The first-order valence-electron chi connectivity index (χ1n) is 32.2. The van der Waals surface area contributed by atoms with Gasteiger partial charge in [-0.15, -0.1) is 0 Å². The normalized spacial score (nSPS) is 19.9. The Bertz CT molecular complexity index is 4090. The third kappa shape index (κ3) is 17.5. The van der Waals surface area contributed by atoms with E-state index in [0.717, 1.165) is 78.6 Å². The van der Waals surface area contributed by atoms with E-state index in [1.54, 1.807) is 49.6 Å². The molecule has 0 radical (unpaired) electrons. The number of aliphatic imine (C=N–C) groups is 2. The maximum absolute atomic E-state index is 15.0. The smallest absolute Gasteiger partial charge is 0.301 e. The Morgan fingerprint density at radius 1 is 0.667 bits per heavy atom. The van der Waals surface area contributed by atoms with Gasteiger partial charge in [0, 0.05) is 86.4 Å². The second-order valence-electron chi connectivity index (χ2n) is 25.2. The van der Waals surface area contributed by atoms with Crippen LogP contribution in [-0.4, -0.2) is 157 Å². The molecular weight excluding hydrogens is 1230 g/mol. The summed E-state index contributed by atoms with van der Waals surface area (Å²) < 4.78 is 58.4. The minimum Gasteiger partial charge on any atom is -0.489 e. The second kappa shape index (κ2) is 30.1. The number of amidine groups is 1. The van der Waals surface area contributed by atoms with Gasteiger partial charge >= 0.3 is 5.92 Å². The predicted octanol–water partition coefficient (Wildman–Crippen LogP) is 10.0. The highest BCUT2D eigenvalue weighted by Gasteiger charge is 2.49. The van der Waals surface area contributed by atoms with Crippen molar-refractivity contribution < 1.29 is 56.7 Å². The topological polar surface area (TPSA) is 299 Å². The van der Waals surface area contributed by atoms with Crippen molar-refractivity contribution in [3.63, 3.8) is 0 Å². The number of ether oxygens (including phenoxy) is 5. The molecule has 3 saturated heterocycles. The molecule has 22 nitrogen and oxygen atoms in total. The zero-order valence-corrected chi connectivity index (χ0v) is 53.6. The maximum atomic E-state index is 15.0. The van der Waals surface area contributed by atoms with E-state index < -0.39 is 30.1 Å². The number of halogens is 2. The maximum Gasteiger partial charge on any atom is 0.301 e. The average Bonchev–Trinajstić information content (AvgIpc) is 1.03. The first-order chi connectivity index (χ1) is 46.3. The summed E-state index contributed by atoms with van der Waals surface area (Å²) in [7, 11) is 4.04. The van der Waals surface area contributed by atoms with E-state index in [1.165, 1.54) is 12.1 Å². The summed E-state index contributed by atoms with van der Waals surface area (Å²) in [5.41, 5.74) is 5.78. The van der Waals surface area contributed by atoms with Crippen LogP contribution in [0.1, 0.15) is 87.8 Å². The molecule has 3 aliphatic carbocycles. The Morgan fingerprint density at radius 3 is 1.81 bits per heavy atom. The molecule has 3 saturated carbocycles. The van der Waals surface area contributed by atoms with Gasteiger partial charge < -0.3 is 54.5 Å². The zero-order valence-electron chi connectivity index (χ0n) is 53.6. The number of nitrogens with one attached hydrogen (secondary N) is 3. The van der Waals surface area contributed by atoms with E-state index >= 15 is 8.78 Å². The minimum atomic E-state index is -3.33. The number of rotatable bonds is 18. The molecule has 6 heterocycles. The SMILES string of the molecule is CC1=NCC(C(=O)N2CC[C@H](Oc3ccc(-c4cc(NC(=O)C5CC5)ccn4)cc3C#N)C(F)(F)C2)=N1.CN(C)C[C@@H]1C[C@H]1C(=O)Nc1cc(-c2ccc(OC3CCOCC3)c(C#N)c2)ccn1.N#Cc1cc(-c2cccc(NC(=O)C3(O)CC3)c2)ccc1OC1CCOCC1. The molecule has 3 atom stereocenters. The molecule has 13 rings (SSSR count). The van der Waals surface area contributed by atoms with Crippen LogP contribution in [0.2, 0.25) is 0 Å². The molecule has 6 fully saturated rings. The molecular formula is C72H74F2N12O10. The van der Waals surface area contributed by atoms with Gasteiger partial charge in [-0.25, -0.2) is 18.8 Å². The van der Waals surface area contributed by atoms with Gasteiger partial charge in [0.2, 0.25) is 11.8 Å². The highest BCUT2D eigenvalue weighted by atomic mass is 19.3. The zero-order chi connectivity index (χ0) is 67.5. The lowest BCUT2D eigenvalue weighted by Gasteiger charge is -2.38. The fourth-order valence-corrected chi connectivity index (χ4v) is 11.5. The van der Waals surface area contributed by atoms with Crippen molar-refractivity contribution in [1.29, 1.82) is 15.8 Å². The highest BCUT2D eigenvalue weighted by molar-refractivity contribution is 6.42. The first-order valence-corrected chi connectivity index (χ1v) is 32.2. The van der Waals surface area contributed by atoms with Gasteiger partial charge in [0.05, 0.1) is 61.9 Å². The van der Waals surface area contributed by atoms with Crippen molar-refractivity contribution in [2.24, 2.45) is 27.7 Å². The number of nitriles is 3. The summed E-state index contributed by atoms with van der Waals surface area (Å²) in [4.78, 5) is 69.0. The first kappa shape index (κ1) is 67.4. The molecule has 4 N–H and O–H groups in total. The molecule has 0 spiro atoms. The van der Waals surface area contributed by atoms with E-state index in [9.17, 15) is 40.1 Å². The van der Waals surface area contributed by atoms with Crippen molar-refractivity contribution in [2.45, 2.75) is 101 Å². The van der Waals surface area contributed by atoms with Crippen molar-refractivity contribution in [1.82, 2.24) is 19.8 Å². The Balaban J connectivity index is 0.000000148. The van der Waals surface area contributed by atoms with E-state index in [4.69, 9.17) is 23.7 Å². The lowest BCUT2D eigenvalue weighted by molar-refractivity contribution is -0.155. The number of likely N-dealkylation sites (tertiary alicyclic amines) is 1. The third-order valence-corrected chi connectivity index (χ3v) is 17.4. The second-order valence-corrected chi connectivity index (χ2v) is 25.2. The van der Waals surface area contributed by atoms with Gasteiger partial charge in [-0.3, -0.25) is 29.2 Å². The van der Waals surface area contributed by atoms with Crippen molar-refractivity contribution in [3.8, 4) is 69.0 Å². The van der Waals surface area contributed by atoms with Crippen LogP contribution in [0.25, 0.3) is 33.5 Å². The lowest BCUT2D eigenvalue weighted by Crippen LogP contribution is -2.56. The van der Waals surface area contributed by atoms with E-state index in [1.807, 2.05) is 80.8 Å². The fraction of sp³-hybridized carbons (Fsp3) is 0.403. The molecule has 7 aliphatic rings. The minimum absolute atomic E-state index is 0.0226. The number of amides is 4. The summed E-state index contributed by atoms with van der Waals surface area (Å²) >= 11 is 0. The summed E-state index contributed by atoms with van der Waals surface area (Å²) in [6, 6.07) is 36.6. The number of piperidine rings is 1. The van der Waals surface area contributed by atoms with Crippen LogP contribution in [0.4, 0.5) is 26.0 Å². The molecule has 0 bridgehead atoms. The van der Waals surface area contributed by atoms with Crippen molar-refractivity contribution in [3.05, 3.63) is 132 Å². The van der Waals surface area contributed by atoms with E-state index in [2.05, 4.69) is 52.9 Å². The molecule has 496 valence electrons. The Kier molecular flexibility index (Phi) is 21.2. The average molecular weight is 1310 g/mol. The molecule has 4 aliphatic heterocycles. The molecule has 4 amide bonds. The number of carbonyl (C=O) groups excluding carboxylic acids is 4. The number of aliphatic hydroxyl groups is 1. The molecule has 2 aromatic heterocycles. The highest BCUT2D eigenvalue weighted by Crippen LogP contribution is 2.41. The molecule has 24 heteroatoms. The van der Waals surface area contributed by atoms with Gasteiger partial charge in [0.1, 0.15) is 70.6 Å². The molecule has 4 aromatic carbocycles. The van der Waals surface area contributed by atoms with Gasteiger partial charge in [-0.1, -0.05) is 24.3 Å². The van der Waals surface area contributed by atoms with Gasteiger partial charge in [-0.2, -0.15) is 15.8 Å². The predicted molar refractivity (Wildman–Crippen MR) is 353 cm³/mol. The standard InChI is InChI=1S/C26H24F2N6O3.C24H28N4O3.C22H22N2O4/c1-15-31-13-21(32-15)25(36)34-9-7-23(26(27,28)14-34)37-22-5-4-17(10-18(22)12-29)20-11-19(6-8-30-20)33-24(35)16-2-3-16;1-28(2)15-19-12-21(19)24(29)27-23-13-17(5-8-26-23)16-3-4-22(18(11-16)14-25)31-20-6-9-30-10-7-20;23-14-17-12-16(4-5-20(17)28-19-6-10-27-11-7-19)15-2-1-3-18(13-15)24-21(25)22(26)8-9-22/h4-6,8,10-11,16,23H,2-3,7,9,13-14H2,1H3,(H,30,33,35);3-5,8,11,13,19-21H,6-7,9-10,12,15H2,1-2H3,(H,26,27,29);1-5,12-13,19,26H,6-11H2,(H,24,25)/t23-;19-,21+;/m00./s1. The fourth-order valence-electron chi connectivity index (χ4n) is 11.5. The summed E-state index contributed by atoms with van der Waals surface area (Å²) in [5.74, 6) is -1.56. The molecule has 96 heavy (non-hydrogen) atoms. The van der Waals surface area contributed by atoms with Crippen LogP contribution in [0, 0.1) is 51.7 Å². The number of alkyl halides is 2. The Hall–Kier alpha value is -10.0. The van der Waals surface area contributed by atoms with Crippen LogP contribution in [0.3, 0.4) is 0 Å². The molecule has 6 aromatic rings. The van der Waals surface area contributed by atoms with Gasteiger partial charge in [0.25, 0.3) is 11.8 Å². The lowest BCUT2D eigenvalue weighted by atomic mass is 10.0. The number of carbonyl (C=O) groups is 4. The number of anilines is 3.